The van der Waals surface area contributed by atoms with Crippen LogP contribution < -0.4 is 10.9 Å². The molecule has 1 amide bonds. The second-order valence-corrected chi connectivity index (χ2v) is 9.20. The van der Waals surface area contributed by atoms with Crippen molar-refractivity contribution in [1.82, 2.24) is 10.3 Å². The van der Waals surface area contributed by atoms with Gasteiger partial charge in [0.05, 0.1) is 12.9 Å². The minimum Gasteiger partial charge on any atom is -0.473 e. The van der Waals surface area contributed by atoms with E-state index in [0.29, 0.717) is 40.4 Å². The molecule has 2 aromatic carbocycles. The van der Waals surface area contributed by atoms with Crippen LogP contribution in [0.3, 0.4) is 0 Å². The Morgan fingerprint density at radius 3 is 2.74 bits per heavy atom. The number of aromatic nitrogens is 1. The van der Waals surface area contributed by atoms with Gasteiger partial charge >= 0.3 is 0 Å². The molecule has 2 heterocycles. The van der Waals surface area contributed by atoms with Crippen LogP contribution in [0.2, 0.25) is 5.02 Å². The molecule has 1 aliphatic heterocycles. The van der Waals surface area contributed by atoms with Gasteiger partial charge in [-0.05, 0) is 42.0 Å². The van der Waals surface area contributed by atoms with Crippen molar-refractivity contribution in [3.05, 3.63) is 93.4 Å². The Labute approximate surface area is 205 Å². The van der Waals surface area contributed by atoms with E-state index in [2.05, 4.69) is 10.3 Å². The average Bonchev–Trinajstić information content (AvgIpc) is 2.84. The van der Waals surface area contributed by atoms with Gasteiger partial charge in [0.25, 0.3) is 5.91 Å². The number of halogens is 1. The number of carbonyl (C=O) groups excluding carboxylic acids is 2. The van der Waals surface area contributed by atoms with E-state index in [1.54, 1.807) is 42.7 Å². The van der Waals surface area contributed by atoms with E-state index >= 15 is 0 Å². The van der Waals surface area contributed by atoms with Gasteiger partial charge in [0.15, 0.2) is 6.29 Å². The second kappa shape index (κ2) is 11.4. The van der Waals surface area contributed by atoms with Gasteiger partial charge < -0.3 is 19.8 Å². The van der Waals surface area contributed by atoms with Crippen LogP contribution in [0.25, 0.3) is 10.9 Å². The lowest BCUT2D eigenvalue weighted by molar-refractivity contribution is -0.113. The molecule has 0 fully saturated rings. The maximum Gasteiger partial charge on any atom is 0.251 e. The summed E-state index contributed by atoms with van der Waals surface area (Å²) < 4.78 is 10.8. The number of ether oxygens (including phenoxy) is 2. The number of rotatable bonds is 8. The Kier molecular flexibility index (Phi) is 8.05. The number of pyridine rings is 1. The Morgan fingerprint density at radius 2 is 1.97 bits per heavy atom. The largest absolute Gasteiger partial charge is 0.473 e. The van der Waals surface area contributed by atoms with E-state index in [0.717, 1.165) is 17.1 Å². The number of amides is 1. The fraction of sp³-hybridized carbons (Fsp3) is 0.240. The Hall–Kier alpha value is -3.07. The standard InChI is InChI=1S/C25H23ClN2O5S/c26-18-8-6-16(7-9-18)24(30)28-21(25(31)34-13-10-23-32-11-3-12-33-23)14-17-15-22(29)27-20-5-2-1-4-19(17)20/h1-9,11,15,21,23H,10,12-14H2,(H,27,29)(H,28,30). The highest BCUT2D eigenvalue weighted by Crippen LogP contribution is 2.20. The van der Waals surface area contributed by atoms with E-state index in [1.807, 2.05) is 18.2 Å². The molecule has 0 saturated carbocycles. The van der Waals surface area contributed by atoms with Gasteiger partial charge in [-0.2, -0.15) is 0 Å². The highest BCUT2D eigenvalue weighted by molar-refractivity contribution is 8.13. The number of aromatic amines is 1. The first kappa shape index (κ1) is 24.1. The molecule has 1 aliphatic rings. The number of fused-ring (bicyclic) bond motifs is 1. The summed E-state index contributed by atoms with van der Waals surface area (Å²) >= 11 is 7.03. The predicted molar refractivity (Wildman–Crippen MR) is 133 cm³/mol. The van der Waals surface area contributed by atoms with Crippen LogP contribution in [0.5, 0.6) is 0 Å². The van der Waals surface area contributed by atoms with Crippen molar-refractivity contribution in [2.75, 3.05) is 12.4 Å². The molecule has 0 aliphatic carbocycles. The number of hydrogen-bond donors (Lipinski definition) is 2. The summed E-state index contributed by atoms with van der Waals surface area (Å²) in [6.07, 6.45) is 3.65. The molecule has 2 atom stereocenters. The van der Waals surface area contributed by atoms with Gasteiger partial charge in [0.1, 0.15) is 6.04 Å². The summed E-state index contributed by atoms with van der Waals surface area (Å²) in [4.78, 5) is 41.1. The van der Waals surface area contributed by atoms with Crippen molar-refractivity contribution < 1.29 is 19.1 Å². The summed E-state index contributed by atoms with van der Waals surface area (Å²) in [7, 11) is 0. The number of para-hydroxylation sites is 1. The normalized spacial score (nSPS) is 16.1. The smallest absolute Gasteiger partial charge is 0.251 e. The number of thioether (sulfide) groups is 1. The molecular weight excluding hydrogens is 476 g/mol. The molecule has 4 rings (SSSR count). The quantitative estimate of drug-likeness (QED) is 0.486. The van der Waals surface area contributed by atoms with Crippen molar-refractivity contribution in [3.8, 4) is 0 Å². The molecule has 34 heavy (non-hydrogen) atoms. The lowest BCUT2D eigenvalue weighted by atomic mass is 10.0. The first-order chi connectivity index (χ1) is 16.5. The topological polar surface area (TPSA) is 97.5 Å². The number of benzene rings is 2. The van der Waals surface area contributed by atoms with Crippen molar-refractivity contribution in [2.45, 2.75) is 25.2 Å². The zero-order chi connectivity index (χ0) is 23.9. The molecule has 2 N–H and O–H groups in total. The van der Waals surface area contributed by atoms with E-state index in [-0.39, 0.29) is 17.1 Å². The van der Waals surface area contributed by atoms with E-state index in [1.165, 1.54) is 6.07 Å². The van der Waals surface area contributed by atoms with E-state index in [4.69, 9.17) is 21.1 Å². The van der Waals surface area contributed by atoms with Crippen molar-refractivity contribution >= 4 is 45.3 Å². The van der Waals surface area contributed by atoms with Crippen LogP contribution in [-0.2, 0) is 20.7 Å². The summed E-state index contributed by atoms with van der Waals surface area (Å²) in [5, 5.41) is 3.96. The van der Waals surface area contributed by atoms with Crippen LogP contribution in [0.1, 0.15) is 22.3 Å². The van der Waals surface area contributed by atoms with Gasteiger partial charge in [-0.25, -0.2) is 0 Å². The zero-order valence-corrected chi connectivity index (χ0v) is 19.7. The molecule has 7 nitrogen and oxygen atoms in total. The molecule has 0 bridgehead atoms. The summed E-state index contributed by atoms with van der Waals surface area (Å²) in [5.74, 6) is 0.0645. The third kappa shape index (κ3) is 6.28. The minimum atomic E-state index is -0.841. The Bertz CT molecular complexity index is 1260. The van der Waals surface area contributed by atoms with Crippen LogP contribution in [0.15, 0.2) is 71.7 Å². The lowest BCUT2D eigenvalue weighted by Crippen LogP contribution is -2.41. The van der Waals surface area contributed by atoms with Crippen LogP contribution in [0, 0.1) is 0 Å². The molecule has 2 unspecified atom stereocenters. The van der Waals surface area contributed by atoms with Gasteiger partial charge in [-0.3, -0.25) is 14.4 Å². The predicted octanol–water partition coefficient (Wildman–Crippen LogP) is 4.06. The van der Waals surface area contributed by atoms with E-state index < -0.39 is 18.2 Å². The van der Waals surface area contributed by atoms with Crippen LogP contribution >= 0.6 is 23.4 Å². The average molecular weight is 499 g/mol. The highest BCUT2D eigenvalue weighted by Gasteiger charge is 2.24. The number of nitrogens with one attached hydrogen (secondary N) is 2. The number of hydrogen-bond acceptors (Lipinski definition) is 6. The molecule has 0 saturated heterocycles. The fourth-order valence-electron chi connectivity index (χ4n) is 3.59. The monoisotopic (exact) mass is 498 g/mol. The van der Waals surface area contributed by atoms with E-state index in [9.17, 15) is 14.4 Å². The fourth-order valence-corrected chi connectivity index (χ4v) is 4.58. The zero-order valence-electron chi connectivity index (χ0n) is 18.2. The number of H-pyrrole nitrogens is 1. The van der Waals surface area contributed by atoms with Crippen LogP contribution in [-0.4, -0.2) is 40.7 Å². The van der Waals surface area contributed by atoms with Gasteiger partial charge in [-0.15, -0.1) is 0 Å². The molecular formula is C25H23ClN2O5S. The molecule has 3 aromatic rings. The third-order valence-corrected chi connectivity index (χ3v) is 6.52. The molecule has 176 valence electrons. The molecule has 0 radical (unpaired) electrons. The highest BCUT2D eigenvalue weighted by atomic mass is 35.5. The first-order valence-corrected chi connectivity index (χ1v) is 12.1. The van der Waals surface area contributed by atoms with Gasteiger partial charge in [0, 0.05) is 46.1 Å². The SMILES string of the molecule is O=C(NC(Cc1cc(=O)[nH]c2ccccc12)C(=O)SCCC1OC=CCO1)c1ccc(Cl)cc1. The molecule has 0 spiro atoms. The maximum atomic E-state index is 13.2. The second-order valence-electron chi connectivity index (χ2n) is 7.67. The van der Waals surface area contributed by atoms with Crippen molar-refractivity contribution in [1.29, 1.82) is 0 Å². The summed E-state index contributed by atoms with van der Waals surface area (Å²) in [6.45, 7) is 0.471. The maximum absolute atomic E-state index is 13.2. The Balaban J connectivity index is 1.52. The van der Waals surface area contributed by atoms with Crippen molar-refractivity contribution in [3.63, 3.8) is 0 Å². The van der Waals surface area contributed by atoms with Gasteiger partial charge in [-0.1, -0.05) is 41.6 Å². The minimum absolute atomic E-state index is 0.175. The van der Waals surface area contributed by atoms with Gasteiger partial charge in [0.2, 0.25) is 10.7 Å². The lowest BCUT2D eigenvalue weighted by Gasteiger charge is -2.21. The first-order valence-electron chi connectivity index (χ1n) is 10.8. The third-order valence-electron chi connectivity index (χ3n) is 5.26. The molecule has 9 heteroatoms. The summed E-state index contributed by atoms with van der Waals surface area (Å²) in [5.41, 5.74) is 1.47. The van der Waals surface area contributed by atoms with Crippen LogP contribution in [0.4, 0.5) is 0 Å². The summed E-state index contributed by atoms with van der Waals surface area (Å²) in [6, 6.07) is 14.4. The number of carbonyl (C=O) groups is 2. The Morgan fingerprint density at radius 1 is 1.18 bits per heavy atom. The molecule has 1 aromatic heterocycles. The van der Waals surface area contributed by atoms with Crippen molar-refractivity contribution in [2.24, 2.45) is 0 Å².